The predicted molar refractivity (Wildman–Crippen MR) is 112 cm³/mol. The summed E-state index contributed by atoms with van der Waals surface area (Å²) in [5.74, 6) is 0.508. The zero-order valence-electron chi connectivity index (χ0n) is 16.1. The fraction of sp³-hybridized carbons (Fsp3) is 0.304. The van der Waals surface area contributed by atoms with E-state index in [1.54, 1.807) is 12.1 Å². The number of fused-ring (bicyclic) bond motifs is 1. The van der Waals surface area contributed by atoms with Gasteiger partial charge in [-0.05, 0) is 52.8 Å². The molecule has 0 bridgehead atoms. The van der Waals surface area contributed by atoms with E-state index in [4.69, 9.17) is 0 Å². The van der Waals surface area contributed by atoms with Gasteiger partial charge < -0.3 is 0 Å². The van der Waals surface area contributed by atoms with Gasteiger partial charge in [0, 0.05) is 6.04 Å². The van der Waals surface area contributed by atoms with Crippen LogP contribution in [0.3, 0.4) is 0 Å². The summed E-state index contributed by atoms with van der Waals surface area (Å²) in [7, 11) is -3.59. The molecule has 0 saturated heterocycles. The van der Waals surface area contributed by atoms with Crippen LogP contribution in [0.1, 0.15) is 56.7 Å². The summed E-state index contributed by atoms with van der Waals surface area (Å²) >= 11 is 0. The fourth-order valence-electron chi connectivity index (χ4n) is 3.27. The normalized spacial score (nSPS) is 14.2. The SMILES string of the molecule is CCC(C)c1ccc(C(CC)NS(=O)(=O)c2ccc3ccccc3c2)cc1. The summed E-state index contributed by atoms with van der Waals surface area (Å²) < 4.78 is 28.7. The van der Waals surface area contributed by atoms with Gasteiger partial charge in [-0.1, -0.05) is 75.4 Å². The van der Waals surface area contributed by atoms with Gasteiger partial charge in [-0.25, -0.2) is 13.1 Å². The van der Waals surface area contributed by atoms with Crippen molar-refractivity contribution in [3.05, 3.63) is 77.9 Å². The van der Waals surface area contributed by atoms with Crippen LogP contribution in [0.5, 0.6) is 0 Å². The second-order valence-corrected chi connectivity index (χ2v) is 8.78. The molecule has 27 heavy (non-hydrogen) atoms. The van der Waals surface area contributed by atoms with Crippen molar-refractivity contribution in [3.8, 4) is 0 Å². The molecule has 2 unspecified atom stereocenters. The van der Waals surface area contributed by atoms with Gasteiger partial charge >= 0.3 is 0 Å². The van der Waals surface area contributed by atoms with Crippen molar-refractivity contribution in [2.24, 2.45) is 0 Å². The van der Waals surface area contributed by atoms with Crippen molar-refractivity contribution in [3.63, 3.8) is 0 Å². The van der Waals surface area contributed by atoms with E-state index in [0.717, 1.165) is 22.8 Å². The van der Waals surface area contributed by atoms with Crippen LogP contribution in [0.2, 0.25) is 0 Å². The minimum Gasteiger partial charge on any atom is -0.207 e. The Bertz CT molecular complexity index is 1010. The van der Waals surface area contributed by atoms with E-state index < -0.39 is 10.0 Å². The summed E-state index contributed by atoms with van der Waals surface area (Å²) in [4.78, 5) is 0.302. The highest BCUT2D eigenvalue weighted by atomic mass is 32.2. The molecule has 2 atom stereocenters. The maximum absolute atomic E-state index is 12.9. The maximum atomic E-state index is 12.9. The molecule has 4 heteroatoms. The van der Waals surface area contributed by atoms with Crippen molar-refractivity contribution >= 4 is 20.8 Å². The topological polar surface area (TPSA) is 46.2 Å². The molecular formula is C23H27NO2S. The second kappa shape index (κ2) is 8.24. The minimum absolute atomic E-state index is 0.243. The Morgan fingerprint density at radius 1 is 0.815 bits per heavy atom. The first-order valence-electron chi connectivity index (χ1n) is 9.55. The first-order chi connectivity index (χ1) is 12.9. The lowest BCUT2D eigenvalue weighted by Gasteiger charge is -2.19. The molecule has 0 amide bonds. The Kier molecular flexibility index (Phi) is 5.98. The van der Waals surface area contributed by atoms with E-state index in [1.165, 1.54) is 5.56 Å². The highest BCUT2D eigenvalue weighted by Crippen LogP contribution is 2.25. The third-order valence-corrected chi connectivity index (χ3v) is 6.73. The summed E-state index contributed by atoms with van der Waals surface area (Å²) in [6.45, 7) is 6.37. The Morgan fingerprint density at radius 2 is 1.44 bits per heavy atom. The van der Waals surface area contributed by atoms with E-state index in [9.17, 15) is 8.42 Å². The molecule has 3 rings (SSSR count). The molecule has 0 spiro atoms. The van der Waals surface area contributed by atoms with E-state index in [1.807, 2.05) is 49.4 Å². The molecule has 0 aromatic heterocycles. The first-order valence-corrected chi connectivity index (χ1v) is 11.0. The zero-order valence-corrected chi connectivity index (χ0v) is 17.0. The van der Waals surface area contributed by atoms with Gasteiger partial charge in [-0.2, -0.15) is 0 Å². The lowest BCUT2D eigenvalue weighted by molar-refractivity contribution is 0.550. The van der Waals surface area contributed by atoms with Gasteiger partial charge in [0.1, 0.15) is 0 Å². The Labute approximate surface area is 162 Å². The van der Waals surface area contributed by atoms with Crippen LogP contribution in [0.15, 0.2) is 71.6 Å². The zero-order chi connectivity index (χ0) is 19.4. The molecule has 0 saturated carbocycles. The Balaban J connectivity index is 1.85. The summed E-state index contributed by atoms with van der Waals surface area (Å²) in [5, 5.41) is 1.95. The van der Waals surface area contributed by atoms with Crippen molar-refractivity contribution < 1.29 is 8.42 Å². The molecule has 0 aliphatic rings. The van der Waals surface area contributed by atoms with Gasteiger partial charge in [0.05, 0.1) is 4.90 Å². The van der Waals surface area contributed by atoms with Crippen LogP contribution in [0, 0.1) is 0 Å². The largest absolute Gasteiger partial charge is 0.241 e. The Morgan fingerprint density at radius 3 is 2.07 bits per heavy atom. The van der Waals surface area contributed by atoms with Crippen LogP contribution in [0.25, 0.3) is 10.8 Å². The highest BCUT2D eigenvalue weighted by Gasteiger charge is 2.20. The van der Waals surface area contributed by atoms with Crippen molar-refractivity contribution in [1.29, 1.82) is 0 Å². The van der Waals surface area contributed by atoms with Crippen LogP contribution < -0.4 is 4.72 Å². The average molecular weight is 382 g/mol. The molecule has 0 radical (unpaired) electrons. The number of rotatable bonds is 7. The molecule has 3 aromatic carbocycles. The molecule has 0 aliphatic carbocycles. The number of sulfonamides is 1. The lowest BCUT2D eigenvalue weighted by atomic mass is 9.96. The van der Waals surface area contributed by atoms with E-state index >= 15 is 0 Å². The number of benzene rings is 3. The van der Waals surface area contributed by atoms with Gasteiger partial charge in [0.15, 0.2) is 0 Å². The first kappa shape index (κ1) is 19.6. The summed E-state index contributed by atoms with van der Waals surface area (Å²) in [6, 6.07) is 21.1. The number of nitrogens with one attached hydrogen (secondary N) is 1. The molecule has 3 nitrogen and oxygen atoms in total. The molecule has 0 aliphatic heterocycles. The number of hydrogen-bond donors (Lipinski definition) is 1. The van der Waals surface area contributed by atoms with Gasteiger partial charge in [0.2, 0.25) is 10.0 Å². The molecule has 1 N–H and O–H groups in total. The predicted octanol–water partition coefficient (Wildman–Crippen LogP) is 5.78. The molecule has 0 fully saturated rings. The summed E-state index contributed by atoms with van der Waals surface area (Å²) in [6.07, 6.45) is 1.78. The van der Waals surface area contributed by atoms with Crippen LogP contribution in [0.4, 0.5) is 0 Å². The number of hydrogen-bond acceptors (Lipinski definition) is 2. The van der Waals surface area contributed by atoms with E-state index in [2.05, 4.69) is 30.7 Å². The Hall–Kier alpha value is -2.17. The summed E-state index contributed by atoms with van der Waals surface area (Å²) in [5.41, 5.74) is 2.28. The van der Waals surface area contributed by atoms with Crippen LogP contribution in [-0.4, -0.2) is 8.42 Å². The lowest BCUT2D eigenvalue weighted by Crippen LogP contribution is -2.28. The average Bonchev–Trinajstić information content (AvgIpc) is 2.71. The standard InChI is InChI=1S/C23H27NO2S/c1-4-17(3)18-10-12-20(13-11-18)23(5-2)24-27(25,26)22-15-14-19-8-6-7-9-21(19)16-22/h6-17,23-24H,4-5H2,1-3H3. The highest BCUT2D eigenvalue weighted by molar-refractivity contribution is 7.89. The van der Waals surface area contributed by atoms with E-state index in [0.29, 0.717) is 17.2 Å². The van der Waals surface area contributed by atoms with Gasteiger partial charge in [0.25, 0.3) is 0 Å². The van der Waals surface area contributed by atoms with E-state index in [-0.39, 0.29) is 6.04 Å². The van der Waals surface area contributed by atoms with Gasteiger partial charge in [-0.15, -0.1) is 0 Å². The second-order valence-electron chi connectivity index (χ2n) is 7.07. The van der Waals surface area contributed by atoms with Crippen molar-refractivity contribution in [1.82, 2.24) is 4.72 Å². The van der Waals surface area contributed by atoms with Crippen LogP contribution in [-0.2, 0) is 10.0 Å². The monoisotopic (exact) mass is 381 g/mol. The molecule has 142 valence electrons. The van der Waals surface area contributed by atoms with Gasteiger partial charge in [-0.3, -0.25) is 0 Å². The molecule has 0 heterocycles. The third-order valence-electron chi connectivity index (χ3n) is 5.26. The van der Waals surface area contributed by atoms with Crippen molar-refractivity contribution in [2.75, 3.05) is 0 Å². The third kappa shape index (κ3) is 4.40. The minimum atomic E-state index is -3.59. The smallest absolute Gasteiger partial charge is 0.207 e. The van der Waals surface area contributed by atoms with Crippen LogP contribution >= 0.6 is 0 Å². The quantitative estimate of drug-likeness (QED) is 0.563. The van der Waals surface area contributed by atoms with Crippen molar-refractivity contribution in [2.45, 2.75) is 50.5 Å². The molecule has 3 aromatic rings. The fourth-order valence-corrected chi connectivity index (χ4v) is 4.61. The maximum Gasteiger partial charge on any atom is 0.241 e. The molecular weight excluding hydrogens is 354 g/mol.